The molecule has 1 fully saturated rings. The van der Waals surface area contributed by atoms with Crippen molar-refractivity contribution >= 4 is 16.5 Å². The summed E-state index contributed by atoms with van der Waals surface area (Å²) in [5, 5.41) is 12.5. The van der Waals surface area contributed by atoms with Gasteiger partial charge in [-0.05, 0) is 32.6 Å². The number of hydrogen-bond donors (Lipinski definition) is 1. The fraction of sp³-hybridized carbons (Fsp3) is 0.750. The van der Waals surface area contributed by atoms with Crippen molar-refractivity contribution in [2.45, 2.75) is 45.8 Å². The van der Waals surface area contributed by atoms with E-state index in [1.54, 1.807) is 18.3 Å². The molecule has 1 aromatic rings. The number of aliphatic hydroxyl groups is 1. The summed E-state index contributed by atoms with van der Waals surface area (Å²) >= 11 is 1.64. The second-order valence-corrected chi connectivity index (χ2v) is 5.75. The Morgan fingerprint density at radius 3 is 2.88 bits per heavy atom. The predicted molar refractivity (Wildman–Crippen MR) is 68.0 cm³/mol. The third-order valence-electron chi connectivity index (χ3n) is 3.30. The molecule has 1 N–H and O–H groups in total. The summed E-state index contributed by atoms with van der Waals surface area (Å²) in [6.07, 6.45) is 2.10. The molecular formula is C12H20N2OS. The molecule has 1 saturated heterocycles. The quantitative estimate of drug-likeness (QED) is 0.863. The molecule has 1 aliphatic heterocycles. The van der Waals surface area contributed by atoms with Crippen LogP contribution >= 0.6 is 11.3 Å². The fourth-order valence-electron chi connectivity index (χ4n) is 2.16. The van der Waals surface area contributed by atoms with E-state index >= 15 is 0 Å². The molecule has 1 aromatic heterocycles. The lowest BCUT2D eigenvalue weighted by molar-refractivity contribution is 0.195. The number of anilines is 1. The van der Waals surface area contributed by atoms with Crippen LogP contribution in [0.5, 0.6) is 0 Å². The first kappa shape index (κ1) is 11.9. The van der Waals surface area contributed by atoms with E-state index in [2.05, 4.69) is 23.7 Å². The Hall–Kier alpha value is -0.610. The number of rotatable bonds is 2. The monoisotopic (exact) mass is 240 g/mol. The maximum atomic E-state index is 9.48. The number of nitrogens with zero attached hydrogens (tertiary/aromatic N) is 2. The van der Waals surface area contributed by atoms with Gasteiger partial charge in [0.05, 0.1) is 11.8 Å². The van der Waals surface area contributed by atoms with Crippen molar-refractivity contribution < 1.29 is 5.11 Å². The molecule has 0 saturated carbocycles. The van der Waals surface area contributed by atoms with Gasteiger partial charge in [0.15, 0.2) is 5.13 Å². The minimum absolute atomic E-state index is 0.456. The number of aliphatic hydroxyl groups excluding tert-OH is 1. The maximum absolute atomic E-state index is 9.48. The SMILES string of the molecule is CC1CCC(C)N(c2nc(C(C)O)cs2)C1. The van der Waals surface area contributed by atoms with Crippen molar-refractivity contribution in [2.75, 3.05) is 11.4 Å². The Balaban J connectivity index is 2.15. The topological polar surface area (TPSA) is 36.4 Å². The van der Waals surface area contributed by atoms with Gasteiger partial charge in [-0.3, -0.25) is 0 Å². The molecule has 0 radical (unpaired) electrons. The second-order valence-electron chi connectivity index (χ2n) is 4.91. The molecule has 0 aliphatic carbocycles. The highest BCUT2D eigenvalue weighted by Gasteiger charge is 2.25. The molecule has 2 heterocycles. The van der Waals surface area contributed by atoms with Crippen LogP contribution in [0.3, 0.4) is 0 Å². The van der Waals surface area contributed by atoms with Crippen LogP contribution in [-0.2, 0) is 0 Å². The summed E-state index contributed by atoms with van der Waals surface area (Å²) < 4.78 is 0. The lowest BCUT2D eigenvalue weighted by Gasteiger charge is -2.36. The molecule has 4 heteroatoms. The van der Waals surface area contributed by atoms with Gasteiger partial charge in [-0.1, -0.05) is 6.92 Å². The van der Waals surface area contributed by atoms with Crippen LogP contribution in [0.25, 0.3) is 0 Å². The average molecular weight is 240 g/mol. The van der Waals surface area contributed by atoms with Crippen LogP contribution in [0.15, 0.2) is 5.38 Å². The van der Waals surface area contributed by atoms with Crippen molar-refractivity contribution in [3.05, 3.63) is 11.1 Å². The number of hydrogen-bond acceptors (Lipinski definition) is 4. The predicted octanol–water partition coefficient (Wildman–Crippen LogP) is 2.82. The summed E-state index contributed by atoms with van der Waals surface area (Å²) in [5.74, 6) is 0.745. The fourth-order valence-corrected chi connectivity index (χ4v) is 3.18. The molecule has 1 aliphatic rings. The molecule has 3 unspecified atom stereocenters. The second kappa shape index (κ2) is 4.72. The summed E-state index contributed by atoms with van der Waals surface area (Å²) in [7, 11) is 0. The first-order valence-electron chi connectivity index (χ1n) is 5.98. The Morgan fingerprint density at radius 2 is 2.25 bits per heavy atom. The largest absolute Gasteiger partial charge is 0.387 e. The molecule has 16 heavy (non-hydrogen) atoms. The Kier molecular flexibility index (Phi) is 3.50. The first-order valence-corrected chi connectivity index (χ1v) is 6.86. The van der Waals surface area contributed by atoms with Crippen molar-refractivity contribution in [1.82, 2.24) is 4.98 Å². The highest BCUT2D eigenvalue weighted by Crippen LogP contribution is 2.31. The lowest BCUT2D eigenvalue weighted by atomic mass is 9.96. The minimum atomic E-state index is -0.456. The van der Waals surface area contributed by atoms with Gasteiger partial charge < -0.3 is 10.0 Å². The van der Waals surface area contributed by atoms with Gasteiger partial charge in [0.25, 0.3) is 0 Å². The van der Waals surface area contributed by atoms with E-state index in [0.717, 1.165) is 23.3 Å². The van der Waals surface area contributed by atoms with Gasteiger partial charge in [0.1, 0.15) is 0 Å². The Morgan fingerprint density at radius 1 is 1.50 bits per heavy atom. The van der Waals surface area contributed by atoms with E-state index in [1.807, 2.05) is 5.38 Å². The molecule has 90 valence electrons. The van der Waals surface area contributed by atoms with Crippen molar-refractivity contribution in [1.29, 1.82) is 0 Å². The standard InChI is InChI=1S/C12H20N2OS/c1-8-4-5-9(2)14(6-8)12-13-11(7-16-12)10(3)15/h7-10,15H,4-6H2,1-3H3. The molecule has 0 bridgehead atoms. The summed E-state index contributed by atoms with van der Waals surface area (Å²) in [6, 6.07) is 0.573. The average Bonchev–Trinajstić information content (AvgIpc) is 2.70. The number of aromatic nitrogens is 1. The zero-order valence-corrected chi connectivity index (χ0v) is 11.0. The lowest BCUT2D eigenvalue weighted by Crippen LogP contribution is -2.41. The van der Waals surface area contributed by atoms with Gasteiger partial charge in [0.2, 0.25) is 0 Å². The molecule has 3 nitrogen and oxygen atoms in total. The highest BCUT2D eigenvalue weighted by molar-refractivity contribution is 7.13. The normalized spacial score (nSPS) is 28.1. The van der Waals surface area contributed by atoms with Crippen LogP contribution in [0, 0.1) is 5.92 Å². The molecule has 0 aromatic carbocycles. The van der Waals surface area contributed by atoms with Crippen molar-refractivity contribution in [2.24, 2.45) is 5.92 Å². The first-order chi connectivity index (χ1) is 7.58. The van der Waals surface area contributed by atoms with E-state index < -0.39 is 6.10 Å². The number of thiazole rings is 1. The molecule has 0 amide bonds. The van der Waals surface area contributed by atoms with Gasteiger partial charge in [-0.25, -0.2) is 4.98 Å². The minimum Gasteiger partial charge on any atom is -0.387 e. The third-order valence-corrected chi connectivity index (χ3v) is 4.20. The Bertz CT molecular complexity index is 351. The summed E-state index contributed by atoms with van der Waals surface area (Å²) in [5.41, 5.74) is 0.797. The van der Waals surface area contributed by atoms with Crippen LogP contribution < -0.4 is 4.90 Å². The third kappa shape index (κ3) is 2.38. The van der Waals surface area contributed by atoms with E-state index in [4.69, 9.17) is 0 Å². The van der Waals surface area contributed by atoms with Crippen LogP contribution in [0.4, 0.5) is 5.13 Å². The van der Waals surface area contributed by atoms with E-state index in [1.165, 1.54) is 12.8 Å². The summed E-state index contributed by atoms with van der Waals surface area (Å²) in [6.45, 7) is 7.41. The van der Waals surface area contributed by atoms with Crippen LogP contribution in [-0.4, -0.2) is 22.7 Å². The molecular weight excluding hydrogens is 220 g/mol. The van der Waals surface area contributed by atoms with Gasteiger partial charge >= 0.3 is 0 Å². The van der Waals surface area contributed by atoms with Gasteiger partial charge in [-0.15, -0.1) is 11.3 Å². The zero-order chi connectivity index (χ0) is 11.7. The Labute approximate surface area is 101 Å². The zero-order valence-electron chi connectivity index (χ0n) is 10.2. The highest BCUT2D eigenvalue weighted by atomic mass is 32.1. The van der Waals surface area contributed by atoms with E-state index in [9.17, 15) is 5.11 Å². The molecule has 2 rings (SSSR count). The molecule has 0 spiro atoms. The van der Waals surface area contributed by atoms with Crippen LogP contribution in [0.1, 0.15) is 45.4 Å². The maximum Gasteiger partial charge on any atom is 0.185 e. The van der Waals surface area contributed by atoms with Crippen molar-refractivity contribution in [3.63, 3.8) is 0 Å². The van der Waals surface area contributed by atoms with E-state index in [0.29, 0.717) is 6.04 Å². The smallest absolute Gasteiger partial charge is 0.185 e. The summed E-state index contributed by atoms with van der Waals surface area (Å²) in [4.78, 5) is 6.89. The van der Waals surface area contributed by atoms with E-state index in [-0.39, 0.29) is 0 Å². The van der Waals surface area contributed by atoms with Crippen LogP contribution in [0.2, 0.25) is 0 Å². The van der Waals surface area contributed by atoms with Gasteiger partial charge in [-0.2, -0.15) is 0 Å². The molecule has 3 atom stereocenters. The number of piperidine rings is 1. The van der Waals surface area contributed by atoms with Crippen molar-refractivity contribution in [3.8, 4) is 0 Å². The van der Waals surface area contributed by atoms with Gasteiger partial charge in [0, 0.05) is 18.0 Å².